The third-order valence-electron chi connectivity index (χ3n) is 2.35. The van der Waals surface area contributed by atoms with Crippen LogP contribution in [0, 0.1) is 40.3 Å². The second-order valence-electron chi connectivity index (χ2n) is 3.67. The Balaban J connectivity index is 3.22. The van der Waals surface area contributed by atoms with Crippen molar-refractivity contribution < 1.29 is 9.18 Å². The number of nitrogens with two attached hydrogens (primary N) is 1. The van der Waals surface area contributed by atoms with Crippen LogP contribution < -0.4 is 5.73 Å². The Morgan fingerprint density at radius 1 is 1.30 bits per heavy atom. The Morgan fingerprint density at radius 3 is 2.50 bits per heavy atom. The molecule has 1 aromatic rings. The summed E-state index contributed by atoms with van der Waals surface area (Å²) in [7, 11) is 0. The number of hydrogen-bond donors (Lipinski definition) is 1. The van der Waals surface area contributed by atoms with Crippen LogP contribution in [-0.4, -0.2) is 30.4 Å². The molecule has 0 unspecified atom stereocenters. The van der Waals surface area contributed by atoms with Gasteiger partial charge >= 0.3 is 0 Å². The molecule has 1 rings (SSSR count). The first kappa shape index (κ1) is 15.2. The molecule has 0 spiro atoms. The van der Waals surface area contributed by atoms with Gasteiger partial charge in [0.1, 0.15) is 18.9 Å². The van der Waals surface area contributed by atoms with E-state index in [2.05, 4.69) is 11.8 Å². The number of hydrogen-bond acceptors (Lipinski definition) is 4. The zero-order valence-electron chi connectivity index (χ0n) is 10.6. The van der Waals surface area contributed by atoms with Gasteiger partial charge in [-0.05, 0) is 18.2 Å². The lowest BCUT2D eigenvalue weighted by Gasteiger charge is -2.16. The molecule has 0 aliphatic heterocycles. The zero-order chi connectivity index (χ0) is 15.0. The van der Waals surface area contributed by atoms with Gasteiger partial charge in [-0.25, -0.2) is 4.39 Å². The van der Waals surface area contributed by atoms with E-state index in [0.29, 0.717) is 5.56 Å². The van der Waals surface area contributed by atoms with Gasteiger partial charge in [-0.2, -0.15) is 10.5 Å². The van der Waals surface area contributed by atoms with Crippen LogP contribution in [0.3, 0.4) is 0 Å². The molecule has 0 atom stereocenters. The smallest absolute Gasteiger partial charge is 0.256 e. The Hall–Kier alpha value is -2.88. The maximum absolute atomic E-state index is 13.3. The van der Waals surface area contributed by atoms with Gasteiger partial charge < -0.3 is 10.6 Å². The molecule has 2 N–H and O–H groups in total. The van der Waals surface area contributed by atoms with Crippen molar-refractivity contribution in [1.29, 1.82) is 10.5 Å². The average molecular weight is 270 g/mol. The van der Waals surface area contributed by atoms with Gasteiger partial charge in [0.25, 0.3) is 5.91 Å². The number of halogens is 1. The van der Waals surface area contributed by atoms with E-state index in [1.165, 1.54) is 12.1 Å². The van der Waals surface area contributed by atoms with Crippen LogP contribution in [0.5, 0.6) is 0 Å². The lowest BCUT2D eigenvalue weighted by atomic mass is 10.1. The van der Waals surface area contributed by atoms with Crippen LogP contribution in [0.15, 0.2) is 18.2 Å². The molecule has 0 aliphatic carbocycles. The number of carbonyl (C=O) groups excluding carboxylic acids is 1. The third kappa shape index (κ3) is 3.81. The average Bonchev–Trinajstić information content (AvgIpc) is 2.45. The molecule has 0 heterocycles. The second kappa shape index (κ2) is 7.53. The summed E-state index contributed by atoms with van der Waals surface area (Å²) in [6, 6.07) is 7.14. The molecular formula is C14H11FN4O. The van der Waals surface area contributed by atoms with E-state index in [4.69, 9.17) is 16.3 Å². The molecule has 0 aromatic heterocycles. The molecule has 0 saturated heterocycles. The molecular weight excluding hydrogens is 259 g/mol. The Labute approximate surface area is 116 Å². The van der Waals surface area contributed by atoms with Gasteiger partial charge in [-0.15, -0.1) is 0 Å². The van der Waals surface area contributed by atoms with E-state index < -0.39 is 11.7 Å². The SMILES string of the molecule is N#CCN(CC#N)C(=O)c1cc(F)ccc1C#CCN. The fraction of sp³-hybridized carbons (Fsp3) is 0.214. The second-order valence-corrected chi connectivity index (χ2v) is 3.67. The van der Waals surface area contributed by atoms with Crippen molar-refractivity contribution in [3.63, 3.8) is 0 Å². The van der Waals surface area contributed by atoms with E-state index >= 15 is 0 Å². The van der Waals surface area contributed by atoms with E-state index in [1.54, 1.807) is 12.1 Å². The number of benzene rings is 1. The van der Waals surface area contributed by atoms with Crippen molar-refractivity contribution in [2.45, 2.75) is 0 Å². The molecule has 0 aliphatic rings. The molecule has 0 radical (unpaired) electrons. The fourth-order valence-electron chi connectivity index (χ4n) is 1.49. The van der Waals surface area contributed by atoms with Gasteiger partial charge in [-0.3, -0.25) is 4.79 Å². The van der Waals surface area contributed by atoms with Gasteiger partial charge in [0.05, 0.1) is 24.2 Å². The van der Waals surface area contributed by atoms with Crippen LogP contribution in [0.25, 0.3) is 0 Å². The van der Waals surface area contributed by atoms with Crippen molar-refractivity contribution in [2.75, 3.05) is 19.6 Å². The van der Waals surface area contributed by atoms with Crippen LogP contribution in [0.2, 0.25) is 0 Å². The molecule has 20 heavy (non-hydrogen) atoms. The Bertz CT molecular complexity index is 630. The van der Waals surface area contributed by atoms with Crippen molar-refractivity contribution in [3.8, 4) is 24.0 Å². The van der Waals surface area contributed by atoms with Crippen molar-refractivity contribution in [1.82, 2.24) is 4.90 Å². The maximum Gasteiger partial charge on any atom is 0.256 e. The summed E-state index contributed by atoms with van der Waals surface area (Å²) in [5.74, 6) is 4.03. The quantitative estimate of drug-likeness (QED) is 0.643. The molecule has 1 aromatic carbocycles. The van der Waals surface area contributed by atoms with E-state index in [-0.39, 0.29) is 25.2 Å². The van der Waals surface area contributed by atoms with Crippen molar-refractivity contribution in [2.24, 2.45) is 5.73 Å². The van der Waals surface area contributed by atoms with Crippen LogP contribution >= 0.6 is 0 Å². The number of nitriles is 2. The van der Waals surface area contributed by atoms with Crippen molar-refractivity contribution >= 4 is 5.91 Å². The first-order valence-corrected chi connectivity index (χ1v) is 5.65. The number of nitrogens with zero attached hydrogens (tertiary/aromatic N) is 3. The molecule has 6 heteroatoms. The largest absolute Gasteiger partial charge is 0.320 e. The van der Waals surface area contributed by atoms with Crippen LogP contribution in [0.4, 0.5) is 4.39 Å². The lowest BCUT2D eigenvalue weighted by molar-refractivity contribution is 0.0794. The first-order chi connectivity index (χ1) is 9.63. The van der Waals surface area contributed by atoms with Crippen LogP contribution in [0.1, 0.15) is 15.9 Å². The summed E-state index contributed by atoms with van der Waals surface area (Å²) in [4.78, 5) is 13.2. The van der Waals surface area contributed by atoms with Gasteiger partial charge in [-0.1, -0.05) is 11.8 Å². The maximum atomic E-state index is 13.3. The van der Waals surface area contributed by atoms with Gasteiger partial charge in [0.15, 0.2) is 0 Å². The number of rotatable bonds is 3. The topological polar surface area (TPSA) is 93.9 Å². The molecule has 1 amide bonds. The molecule has 5 nitrogen and oxygen atoms in total. The van der Waals surface area contributed by atoms with E-state index in [9.17, 15) is 9.18 Å². The van der Waals surface area contributed by atoms with E-state index in [1.807, 2.05) is 0 Å². The fourth-order valence-corrected chi connectivity index (χ4v) is 1.49. The minimum absolute atomic E-state index is 0.0106. The highest BCUT2D eigenvalue weighted by Gasteiger charge is 2.18. The highest BCUT2D eigenvalue weighted by molar-refractivity contribution is 5.97. The minimum Gasteiger partial charge on any atom is -0.320 e. The molecule has 100 valence electrons. The molecule has 0 bridgehead atoms. The number of amides is 1. The van der Waals surface area contributed by atoms with Crippen molar-refractivity contribution in [3.05, 3.63) is 35.1 Å². The predicted molar refractivity (Wildman–Crippen MR) is 69.5 cm³/mol. The summed E-state index contributed by atoms with van der Waals surface area (Å²) in [5.41, 5.74) is 5.58. The highest BCUT2D eigenvalue weighted by Crippen LogP contribution is 2.13. The molecule has 0 fully saturated rings. The van der Waals surface area contributed by atoms with E-state index in [0.717, 1.165) is 11.0 Å². The minimum atomic E-state index is -0.617. The summed E-state index contributed by atoms with van der Waals surface area (Å²) in [6.45, 7) is -0.412. The number of carbonyl (C=O) groups is 1. The summed E-state index contributed by atoms with van der Waals surface area (Å²) >= 11 is 0. The van der Waals surface area contributed by atoms with Gasteiger partial charge in [0.2, 0.25) is 0 Å². The lowest BCUT2D eigenvalue weighted by Crippen LogP contribution is -2.32. The van der Waals surface area contributed by atoms with Crippen LogP contribution in [-0.2, 0) is 0 Å². The Kier molecular flexibility index (Phi) is 5.72. The summed E-state index contributed by atoms with van der Waals surface area (Å²) in [6.07, 6.45) is 0. The molecule has 0 saturated carbocycles. The normalized spacial score (nSPS) is 8.80. The highest BCUT2D eigenvalue weighted by atomic mass is 19.1. The van der Waals surface area contributed by atoms with Gasteiger partial charge in [0, 0.05) is 5.56 Å². The zero-order valence-corrected chi connectivity index (χ0v) is 10.6. The monoisotopic (exact) mass is 270 g/mol. The summed E-state index contributed by atoms with van der Waals surface area (Å²) < 4.78 is 13.3. The predicted octanol–water partition coefficient (Wildman–Crippen LogP) is 0.625. The first-order valence-electron chi connectivity index (χ1n) is 5.65. The third-order valence-corrected chi connectivity index (χ3v) is 2.35. The Morgan fingerprint density at radius 2 is 1.95 bits per heavy atom. The standard InChI is InChI=1S/C14H11FN4O/c15-12-4-3-11(2-1-5-16)13(10-12)14(20)19(8-6-17)9-7-18/h3-4,10H,5,8-9,16H2. The summed E-state index contributed by atoms with van der Waals surface area (Å²) in [5, 5.41) is 17.3.